The van der Waals surface area contributed by atoms with E-state index >= 15 is 0 Å². The maximum Gasteiger partial charge on any atom is 0.133 e. The molecule has 0 saturated heterocycles. The summed E-state index contributed by atoms with van der Waals surface area (Å²) in [6, 6.07) is 8.08. The van der Waals surface area contributed by atoms with E-state index in [1.807, 2.05) is 72.3 Å². The van der Waals surface area contributed by atoms with Crippen LogP contribution in [0.15, 0.2) is 49.1 Å². The molecule has 0 bridgehead atoms. The van der Waals surface area contributed by atoms with Crippen LogP contribution in [0.1, 0.15) is 22.8 Å². The van der Waals surface area contributed by atoms with Gasteiger partial charge in [0.25, 0.3) is 0 Å². The Kier molecular flexibility index (Phi) is 4.32. The fraction of sp³-hybridized carbons (Fsp3) is 0.238. The third-order valence-electron chi connectivity index (χ3n) is 4.97. The predicted molar refractivity (Wildman–Crippen MR) is 105 cm³/mol. The molecule has 0 radical (unpaired) electrons. The van der Waals surface area contributed by atoms with E-state index < -0.39 is 0 Å². The summed E-state index contributed by atoms with van der Waals surface area (Å²) in [6.07, 6.45) is 7.25. The van der Waals surface area contributed by atoms with Crippen LogP contribution in [0.4, 0.5) is 0 Å². The van der Waals surface area contributed by atoms with Gasteiger partial charge in [-0.1, -0.05) is 0 Å². The van der Waals surface area contributed by atoms with Crippen molar-refractivity contribution >= 4 is 0 Å². The van der Waals surface area contributed by atoms with E-state index in [9.17, 15) is 0 Å². The Morgan fingerprint density at radius 3 is 1.37 bits per heavy atom. The molecule has 4 heterocycles. The van der Waals surface area contributed by atoms with E-state index in [-0.39, 0.29) is 0 Å². The van der Waals surface area contributed by atoms with Crippen LogP contribution in [0.3, 0.4) is 0 Å². The predicted octanol–water partition coefficient (Wildman–Crippen LogP) is 3.94. The average Bonchev–Trinajstić information content (AvgIpc) is 3.11. The molecule has 0 aliphatic rings. The van der Waals surface area contributed by atoms with Crippen LogP contribution in [0.2, 0.25) is 0 Å². The van der Waals surface area contributed by atoms with Crippen LogP contribution in [0.25, 0.3) is 22.3 Å². The Morgan fingerprint density at radius 2 is 1.00 bits per heavy atom. The number of rotatable bonds is 4. The minimum absolute atomic E-state index is 0.579. The summed E-state index contributed by atoms with van der Waals surface area (Å²) in [7, 11) is 0. The second kappa shape index (κ2) is 6.79. The molecule has 0 fully saturated rings. The van der Waals surface area contributed by atoms with E-state index in [4.69, 9.17) is 10.2 Å². The van der Waals surface area contributed by atoms with Crippen molar-refractivity contribution in [3.8, 4) is 22.3 Å². The lowest BCUT2D eigenvalue weighted by Gasteiger charge is -2.09. The minimum Gasteiger partial charge on any atom is -0.265 e. The standard InChI is InChI=1S/C21H22N6/c1-14-20(18-5-9-22-10-6-18)16(3)26(24-14)13-27-17(4)21(15(2)25-27)19-7-11-23-12-8-19/h5-12H,13H2,1-4H3. The van der Waals surface area contributed by atoms with E-state index in [2.05, 4.69) is 23.8 Å². The molecule has 6 nitrogen and oxygen atoms in total. The van der Waals surface area contributed by atoms with Gasteiger partial charge in [-0.2, -0.15) is 10.2 Å². The van der Waals surface area contributed by atoms with Gasteiger partial charge >= 0.3 is 0 Å². The van der Waals surface area contributed by atoms with Crippen molar-refractivity contribution < 1.29 is 0 Å². The van der Waals surface area contributed by atoms with Crippen molar-refractivity contribution in [3.05, 3.63) is 71.8 Å². The van der Waals surface area contributed by atoms with Gasteiger partial charge in [-0.05, 0) is 63.1 Å². The van der Waals surface area contributed by atoms with Gasteiger partial charge in [-0.15, -0.1) is 0 Å². The quantitative estimate of drug-likeness (QED) is 0.554. The molecule has 0 amide bonds. The molecule has 4 aromatic rings. The van der Waals surface area contributed by atoms with Crippen molar-refractivity contribution in [2.45, 2.75) is 34.4 Å². The van der Waals surface area contributed by atoms with Gasteiger partial charge in [-0.25, -0.2) is 9.36 Å². The molecule has 0 aromatic carbocycles. The molecule has 4 aromatic heterocycles. The summed E-state index contributed by atoms with van der Waals surface area (Å²) in [6.45, 7) is 8.87. The lowest BCUT2D eigenvalue weighted by Crippen LogP contribution is -2.13. The van der Waals surface area contributed by atoms with Crippen molar-refractivity contribution in [2.75, 3.05) is 0 Å². The summed E-state index contributed by atoms with van der Waals surface area (Å²) in [4.78, 5) is 8.22. The molecule has 0 atom stereocenters. The fourth-order valence-electron chi connectivity index (χ4n) is 3.67. The monoisotopic (exact) mass is 358 g/mol. The molecule has 0 unspecified atom stereocenters. The average molecular weight is 358 g/mol. The van der Waals surface area contributed by atoms with Gasteiger partial charge in [0.15, 0.2) is 0 Å². The van der Waals surface area contributed by atoms with Gasteiger partial charge in [0.05, 0.1) is 11.4 Å². The van der Waals surface area contributed by atoms with E-state index in [0.717, 1.165) is 45.0 Å². The molecule has 0 aliphatic carbocycles. The van der Waals surface area contributed by atoms with Crippen molar-refractivity contribution in [3.63, 3.8) is 0 Å². The Labute approximate surface area is 158 Å². The molecule has 6 heteroatoms. The molecule has 0 spiro atoms. The second-order valence-electron chi connectivity index (χ2n) is 6.70. The van der Waals surface area contributed by atoms with Crippen LogP contribution in [-0.2, 0) is 6.67 Å². The van der Waals surface area contributed by atoms with Crippen LogP contribution in [0.5, 0.6) is 0 Å². The first-order valence-electron chi connectivity index (χ1n) is 8.95. The van der Waals surface area contributed by atoms with Crippen molar-refractivity contribution in [2.24, 2.45) is 0 Å². The highest BCUT2D eigenvalue weighted by Gasteiger charge is 2.17. The molecule has 136 valence electrons. The van der Waals surface area contributed by atoms with Gasteiger partial charge in [-0.3, -0.25) is 9.97 Å². The highest BCUT2D eigenvalue weighted by Crippen LogP contribution is 2.28. The lowest BCUT2D eigenvalue weighted by atomic mass is 10.1. The van der Waals surface area contributed by atoms with Gasteiger partial charge in [0, 0.05) is 47.3 Å². The maximum absolute atomic E-state index is 4.76. The van der Waals surface area contributed by atoms with Gasteiger partial charge in [0.2, 0.25) is 0 Å². The number of aryl methyl sites for hydroxylation is 2. The molecule has 0 aliphatic heterocycles. The third kappa shape index (κ3) is 3.03. The first kappa shape index (κ1) is 17.1. The zero-order valence-electron chi connectivity index (χ0n) is 16.0. The summed E-state index contributed by atoms with van der Waals surface area (Å²) < 4.78 is 4.03. The van der Waals surface area contributed by atoms with Crippen LogP contribution in [-0.4, -0.2) is 29.5 Å². The Hall–Kier alpha value is -3.28. The van der Waals surface area contributed by atoms with E-state index in [0.29, 0.717) is 6.67 Å². The smallest absolute Gasteiger partial charge is 0.133 e. The zero-order valence-corrected chi connectivity index (χ0v) is 16.0. The van der Waals surface area contributed by atoms with E-state index in [1.54, 1.807) is 0 Å². The molecule has 27 heavy (non-hydrogen) atoms. The summed E-state index contributed by atoms with van der Waals surface area (Å²) in [5.74, 6) is 0. The highest BCUT2D eigenvalue weighted by molar-refractivity contribution is 5.69. The van der Waals surface area contributed by atoms with Crippen LogP contribution >= 0.6 is 0 Å². The topological polar surface area (TPSA) is 61.4 Å². The lowest BCUT2D eigenvalue weighted by molar-refractivity contribution is 0.481. The third-order valence-corrected chi connectivity index (χ3v) is 4.97. The molecular formula is C21H22N6. The minimum atomic E-state index is 0.579. The summed E-state index contributed by atoms with van der Waals surface area (Å²) in [5, 5.41) is 9.52. The molecule has 0 saturated carbocycles. The summed E-state index contributed by atoms with van der Waals surface area (Å²) >= 11 is 0. The number of pyridine rings is 2. The first-order chi connectivity index (χ1) is 13.1. The Bertz CT molecular complexity index is 989. The highest BCUT2D eigenvalue weighted by atomic mass is 15.4. The van der Waals surface area contributed by atoms with Crippen molar-refractivity contribution in [1.29, 1.82) is 0 Å². The molecule has 0 N–H and O–H groups in total. The van der Waals surface area contributed by atoms with Crippen LogP contribution in [0, 0.1) is 27.7 Å². The van der Waals surface area contributed by atoms with Crippen molar-refractivity contribution in [1.82, 2.24) is 29.5 Å². The zero-order chi connectivity index (χ0) is 19.0. The largest absolute Gasteiger partial charge is 0.265 e. The fourth-order valence-corrected chi connectivity index (χ4v) is 3.67. The number of hydrogen-bond donors (Lipinski definition) is 0. The molecular weight excluding hydrogens is 336 g/mol. The van der Waals surface area contributed by atoms with Gasteiger partial charge in [0.1, 0.15) is 6.67 Å². The normalized spacial score (nSPS) is 11.1. The second-order valence-corrected chi connectivity index (χ2v) is 6.70. The maximum atomic E-state index is 4.76. The number of nitrogens with zero attached hydrogens (tertiary/aromatic N) is 6. The van der Waals surface area contributed by atoms with Gasteiger partial charge < -0.3 is 0 Å². The molecule has 4 rings (SSSR count). The number of hydrogen-bond acceptors (Lipinski definition) is 4. The van der Waals surface area contributed by atoms with Crippen LogP contribution < -0.4 is 0 Å². The Morgan fingerprint density at radius 1 is 0.630 bits per heavy atom. The van der Waals surface area contributed by atoms with E-state index in [1.165, 1.54) is 0 Å². The number of aromatic nitrogens is 6. The SMILES string of the molecule is Cc1nn(Cn2nc(C)c(-c3ccncc3)c2C)c(C)c1-c1ccncc1. The summed E-state index contributed by atoms with van der Waals surface area (Å²) in [5.41, 5.74) is 8.85. The first-order valence-corrected chi connectivity index (χ1v) is 8.95. The Balaban J connectivity index is 1.72.